The van der Waals surface area contributed by atoms with E-state index in [9.17, 15) is 14.0 Å². The fraction of sp³-hybridized carbons (Fsp3) is 0.100. The number of ketones is 1. The number of nitrogens with zero attached hydrogens (tertiary/aromatic N) is 4. The van der Waals surface area contributed by atoms with Gasteiger partial charge in [-0.25, -0.2) is 9.40 Å². The molecule has 29 heavy (non-hydrogen) atoms. The van der Waals surface area contributed by atoms with Crippen LogP contribution in [-0.4, -0.2) is 26.6 Å². The summed E-state index contributed by atoms with van der Waals surface area (Å²) in [6.07, 6.45) is 0. The summed E-state index contributed by atoms with van der Waals surface area (Å²) in [5.74, 6) is -0.576. The first-order chi connectivity index (χ1) is 13.9. The van der Waals surface area contributed by atoms with Gasteiger partial charge in [0.05, 0.1) is 10.6 Å². The average molecular weight is 429 g/mol. The number of amides is 1. The van der Waals surface area contributed by atoms with E-state index in [2.05, 4.69) is 10.2 Å². The highest BCUT2D eigenvalue weighted by molar-refractivity contribution is 8.04. The number of carbonyl (C=O) groups excluding carboxylic acids is 2. The Hall–Kier alpha value is -2.97. The lowest BCUT2D eigenvalue weighted by Crippen LogP contribution is -2.41. The molecule has 2 aromatic carbocycles. The molecule has 6 nitrogen and oxygen atoms in total. The van der Waals surface area contributed by atoms with Crippen molar-refractivity contribution in [1.82, 2.24) is 14.9 Å². The third-order valence-electron chi connectivity index (χ3n) is 4.27. The van der Waals surface area contributed by atoms with Crippen LogP contribution < -0.4 is 5.01 Å². The van der Waals surface area contributed by atoms with Crippen LogP contribution in [0, 0.1) is 5.82 Å². The zero-order chi connectivity index (χ0) is 20.7. The highest BCUT2D eigenvalue weighted by Gasteiger charge is 2.35. The Kier molecular flexibility index (Phi) is 4.97. The lowest BCUT2D eigenvalue weighted by molar-refractivity contribution is -0.117. The first kappa shape index (κ1) is 19.4. The molecule has 9 heteroatoms. The number of hydrogen-bond donors (Lipinski definition) is 0. The van der Waals surface area contributed by atoms with E-state index < -0.39 is 5.82 Å². The summed E-state index contributed by atoms with van der Waals surface area (Å²) in [5.41, 5.74) is 1.59. The van der Waals surface area contributed by atoms with Crippen LogP contribution in [0.5, 0.6) is 0 Å². The molecule has 0 fully saturated rings. The number of halogens is 2. The first-order valence-corrected chi connectivity index (χ1v) is 9.77. The largest absolute Gasteiger partial charge is 0.294 e. The maximum atomic E-state index is 13.5. The molecule has 3 aromatic rings. The number of allylic oxidation sites excluding steroid dienone is 1. The SMILES string of the molecule is CC(=O)C1=C(c2ccc(F)cc2)N(C(C)=O)n2c(nnc2-c2ccc(Cl)cc2)S1. The van der Waals surface area contributed by atoms with Gasteiger partial charge in [0.1, 0.15) is 5.82 Å². The molecule has 1 aliphatic heterocycles. The molecule has 0 aliphatic carbocycles. The van der Waals surface area contributed by atoms with E-state index in [0.717, 1.165) is 11.8 Å². The molecule has 0 atom stereocenters. The summed E-state index contributed by atoms with van der Waals surface area (Å²) < 4.78 is 15.0. The lowest BCUT2D eigenvalue weighted by atomic mass is 10.1. The quantitative estimate of drug-likeness (QED) is 0.622. The van der Waals surface area contributed by atoms with Crippen LogP contribution in [0.25, 0.3) is 17.1 Å². The molecule has 0 radical (unpaired) electrons. The summed E-state index contributed by atoms with van der Waals surface area (Å²) in [6.45, 7) is 2.79. The molecule has 2 heterocycles. The van der Waals surface area contributed by atoms with Crippen LogP contribution >= 0.6 is 23.4 Å². The summed E-state index contributed by atoms with van der Waals surface area (Å²) in [6, 6.07) is 12.6. The number of fused-ring (bicyclic) bond motifs is 1. The molecular formula is C20H14ClFN4O2S. The van der Waals surface area contributed by atoms with Gasteiger partial charge in [-0.1, -0.05) is 11.6 Å². The third kappa shape index (κ3) is 3.45. The molecule has 0 bridgehead atoms. The van der Waals surface area contributed by atoms with E-state index in [1.54, 1.807) is 28.9 Å². The molecule has 0 saturated carbocycles. The van der Waals surface area contributed by atoms with Crippen molar-refractivity contribution < 1.29 is 14.0 Å². The average Bonchev–Trinajstić information content (AvgIpc) is 3.11. The van der Waals surface area contributed by atoms with Crippen molar-refractivity contribution in [2.75, 3.05) is 5.01 Å². The monoisotopic (exact) mass is 428 g/mol. The standard InChI is InChI=1S/C20H14ClFN4O2S/c1-11(27)18-17(13-5-9-16(22)10-6-13)25(12(2)28)26-19(23-24-20(26)29-18)14-3-7-15(21)8-4-14/h3-10H,1-2H3. The van der Waals surface area contributed by atoms with Gasteiger partial charge in [0.2, 0.25) is 11.1 Å². The van der Waals surface area contributed by atoms with Gasteiger partial charge in [0, 0.05) is 23.1 Å². The summed E-state index contributed by atoms with van der Waals surface area (Å²) in [7, 11) is 0. The second-order valence-corrected chi connectivity index (χ2v) is 7.71. The first-order valence-electron chi connectivity index (χ1n) is 8.58. The third-order valence-corrected chi connectivity index (χ3v) is 5.64. The fourth-order valence-corrected chi connectivity index (χ4v) is 4.11. The normalized spacial score (nSPS) is 13.4. The summed E-state index contributed by atoms with van der Waals surface area (Å²) >= 11 is 7.10. The number of aromatic nitrogens is 3. The predicted molar refractivity (Wildman–Crippen MR) is 109 cm³/mol. The highest BCUT2D eigenvalue weighted by atomic mass is 35.5. The Balaban J connectivity index is 1.95. The van der Waals surface area contributed by atoms with Crippen molar-refractivity contribution in [3.63, 3.8) is 0 Å². The fourth-order valence-electron chi connectivity index (χ4n) is 3.02. The highest BCUT2D eigenvalue weighted by Crippen LogP contribution is 2.41. The Bertz CT molecular complexity index is 1160. The molecule has 146 valence electrons. The van der Waals surface area contributed by atoms with Crippen LogP contribution in [0.15, 0.2) is 58.6 Å². The Labute approximate surface area is 175 Å². The van der Waals surface area contributed by atoms with Crippen molar-refractivity contribution in [2.45, 2.75) is 19.0 Å². The lowest BCUT2D eigenvalue weighted by Gasteiger charge is -2.32. The minimum Gasteiger partial charge on any atom is -0.294 e. The van der Waals surface area contributed by atoms with Crippen LogP contribution in [0.1, 0.15) is 19.4 Å². The Morgan fingerprint density at radius 3 is 2.17 bits per heavy atom. The number of thioether (sulfide) groups is 1. The summed E-state index contributed by atoms with van der Waals surface area (Å²) in [4.78, 5) is 25.4. The molecule has 1 aromatic heterocycles. The molecule has 0 saturated heterocycles. The van der Waals surface area contributed by atoms with Gasteiger partial charge in [0.25, 0.3) is 0 Å². The van der Waals surface area contributed by atoms with E-state index in [-0.39, 0.29) is 11.7 Å². The number of rotatable bonds is 3. The van der Waals surface area contributed by atoms with Crippen molar-refractivity contribution >= 4 is 40.8 Å². The molecule has 4 rings (SSSR count). The van der Waals surface area contributed by atoms with E-state index in [0.29, 0.717) is 37.7 Å². The molecule has 0 N–H and O–H groups in total. The number of Topliss-reactive ketones (excluding diaryl/α,β-unsaturated/α-hetero) is 1. The number of hydrogen-bond acceptors (Lipinski definition) is 5. The van der Waals surface area contributed by atoms with E-state index in [1.165, 1.54) is 43.1 Å². The van der Waals surface area contributed by atoms with Gasteiger partial charge < -0.3 is 0 Å². The van der Waals surface area contributed by atoms with Crippen LogP contribution in [0.3, 0.4) is 0 Å². The molecule has 0 unspecified atom stereocenters. The van der Waals surface area contributed by atoms with Crippen molar-refractivity contribution in [3.8, 4) is 11.4 Å². The minimum absolute atomic E-state index is 0.233. The Morgan fingerprint density at radius 1 is 0.966 bits per heavy atom. The van der Waals surface area contributed by atoms with E-state index >= 15 is 0 Å². The van der Waals surface area contributed by atoms with Gasteiger partial charge in [-0.3, -0.25) is 9.59 Å². The number of benzene rings is 2. The van der Waals surface area contributed by atoms with E-state index in [4.69, 9.17) is 11.6 Å². The van der Waals surface area contributed by atoms with Gasteiger partial charge in [0.15, 0.2) is 11.6 Å². The zero-order valence-corrected chi connectivity index (χ0v) is 17.0. The Morgan fingerprint density at radius 2 is 1.59 bits per heavy atom. The molecular weight excluding hydrogens is 415 g/mol. The second kappa shape index (κ2) is 7.46. The van der Waals surface area contributed by atoms with Crippen LogP contribution in [0.2, 0.25) is 5.02 Å². The van der Waals surface area contributed by atoms with Gasteiger partial charge in [-0.2, -0.15) is 4.68 Å². The van der Waals surface area contributed by atoms with Crippen LogP contribution in [-0.2, 0) is 9.59 Å². The maximum Gasteiger partial charge on any atom is 0.243 e. The van der Waals surface area contributed by atoms with Crippen molar-refractivity contribution in [3.05, 3.63) is 69.8 Å². The van der Waals surface area contributed by atoms with Gasteiger partial charge >= 0.3 is 0 Å². The zero-order valence-electron chi connectivity index (χ0n) is 15.4. The maximum absolute atomic E-state index is 13.5. The molecule has 0 spiro atoms. The number of carbonyl (C=O) groups is 2. The van der Waals surface area contributed by atoms with E-state index in [1.807, 2.05) is 0 Å². The second-order valence-electron chi connectivity index (χ2n) is 6.30. The van der Waals surface area contributed by atoms with Crippen molar-refractivity contribution in [2.24, 2.45) is 0 Å². The molecule has 1 aliphatic rings. The van der Waals surface area contributed by atoms with Gasteiger partial charge in [-0.15, -0.1) is 10.2 Å². The van der Waals surface area contributed by atoms with Crippen molar-refractivity contribution in [1.29, 1.82) is 0 Å². The topological polar surface area (TPSA) is 68.1 Å². The molecule has 1 amide bonds. The van der Waals surface area contributed by atoms with Gasteiger partial charge in [-0.05, 0) is 67.2 Å². The van der Waals surface area contributed by atoms with Crippen LogP contribution in [0.4, 0.5) is 4.39 Å². The predicted octanol–water partition coefficient (Wildman–Crippen LogP) is 4.29. The summed E-state index contributed by atoms with van der Waals surface area (Å²) in [5, 5.41) is 10.7. The minimum atomic E-state index is -0.414. The smallest absolute Gasteiger partial charge is 0.243 e.